The van der Waals surface area contributed by atoms with Gasteiger partial charge in [0.05, 0.1) is 23.9 Å². The number of para-hydroxylation sites is 1. The third-order valence-corrected chi connectivity index (χ3v) is 6.28. The van der Waals surface area contributed by atoms with Crippen molar-refractivity contribution in [2.45, 2.75) is 6.92 Å². The van der Waals surface area contributed by atoms with Gasteiger partial charge in [-0.25, -0.2) is 4.98 Å². The van der Waals surface area contributed by atoms with Gasteiger partial charge in [-0.2, -0.15) is 0 Å². The van der Waals surface area contributed by atoms with Crippen LogP contribution in [0.4, 0.5) is 5.69 Å². The summed E-state index contributed by atoms with van der Waals surface area (Å²) < 4.78 is 5.36. The van der Waals surface area contributed by atoms with Crippen LogP contribution in [0.25, 0.3) is 22.2 Å². The molecule has 5 rings (SSSR count). The van der Waals surface area contributed by atoms with Crippen LogP contribution in [-0.2, 0) is 0 Å². The Balaban J connectivity index is 1.42. The number of nitrogens with zero attached hydrogens (tertiary/aromatic N) is 3. The van der Waals surface area contributed by atoms with Gasteiger partial charge in [-0.05, 0) is 31.2 Å². The zero-order valence-electron chi connectivity index (χ0n) is 19.0. The lowest BCUT2D eigenvalue weighted by molar-refractivity contribution is 0.0748. The number of anilines is 1. The van der Waals surface area contributed by atoms with Crippen molar-refractivity contribution >= 4 is 22.5 Å². The number of aromatic nitrogens is 1. The second-order valence-electron chi connectivity index (χ2n) is 8.42. The molecule has 1 aliphatic heterocycles. The summed E-state index contributed by atoms with van der Waals surface area (Å²) in [5.41, 5.74) is 5.72. The molecule has 0 atom stereocenters. The SMILES string of the molecule is COc1cccc(N2CCN(C(=O)c3cc(-c4ccc(C)cc4)nc4ccccc34)CC2)c1. The molecule has 0 saturated carbocycles. The smallest absolute Gasteiger partial charge is 0.254 e. The van der Waals surface area contributed by atoms with E-state index in [0.29, 0.717) is 18.7 Å². The van der Waals surface area contributed by atoms with Crippen LogP contribution in [0.3, 0.4) is 0 Å². The van der Waals surface area contributed by atoms with Gasteiger partial charge in [0.15, 0.2) is 0 Å². The summed E-state index contributed by atoms with van der Waals surface area (Å²) in [6.45, 7) is 4.98. The van der Waals surface area contributed by atoms with E-state index in [-0.39, 0.29) is 5.91 Å². The number of ether oxygens (including phenoxy) is 1. The van der Waals surface area contributed by atoms with E-state index in [1.165, 1.54) is 5.56 Å². The zero-order chi connectivity index (χ0) is 22.8. The van der Waals surface area contributed by atoms with Gasteiger partial charge in [-0.3, -0.25) is 4.79 Å². The number of aryl methyl sites for hydroxylation is 1. The molecule has 0 unspecified atom stereocenters. The molecule has 33 heavy (non-hydrogen) atoms. The van der Waals surface area contributed by atoms with Gasteiger partial charge in [0.2, 0.25) is 0 Å². The Morgan fingerprint density at radius 1 is 0.879 bits per heavy atom. The minimum atomic E-state index is 0.0623. The van der Waals surface area contributed by atoms with Gasteiger partial charge in [0.25, 0.3) is 5.91 Å². The minimum absolute atomic E-state index is 0.0623. The third-order valence-electron chi connectivity index (χ3n) is 6.28. The summed E-state index contributed by atoms with van der Waals surface area (Å²) in [6.07, 6.45) is 0. The van der Waals surface area contributed by atoms with Crippen molar-refractivity contribution in [2.75, 3.05) is 38.2 Å². The Morgan fingerprint density at radius 2 is 1.64 bits per heavy atom. The maximum absolute atomic E-state index is 13.7. The second kappa shape index (κ2) is 8.94. The number of rotatable bonds is 4. The molecule has 4 aromatic rings. The largest absolute Gasteiger partial charge is 0.497 e. The minimum Gasteiger partial charge on any atom is -0.497 e. The van der Waals surface area contributed by atoms with E-state index >= 15 is 0 Å². The monoisotopic (exact) mass is 437 g/mol. The molecular weight excluding hydrogens is 410 g/mol. The summed E-state index contributed by atoms with van der Waals surface area (Å²) in [7, 11) is 1.68. The van der Waals surface area contributed by atoms with Gasteiger partial charge >= 0.3 is 0 Å². The maximum atomic E-state index is 13.7. The first-order valence-electron chi connectivity index (χ1n) is 11.3. The fourth-order valence-corrected chi connectivity index (χ4v) is 4.37. The van der Waals surface area contributed by atoms with Gasteiger partial charge in [-0.1, -0.05) is 54.1 Å². The first-order chi connectivity index (χ1) is 16.1. The number of benzene rings is 3. The summed E-state index contributed by atoms with van der Waals surface area (Å²) >= 11 is 0. The Hall–Kier alpha value is -3.86. The van der Waals surface area contributed by atoms with E-state index in [1.807, 2.05) is 53.4 Å². The number of carbonyl (C=O) groups is 1. The van der Waals surface area contributed by atoms with Crippen LogP contribution in [0, 0.1) is 6.92 Å². The van der Waals surface area contributed by atoms with Crippen LogP contribution < -0.4 is 9.64 Å². The molecule has 5 nitrogen and oxygen atoms in total. The van der Waals surface area contributed by atoms with Gasteiger partial charge in [-0.15, -0.1) is 0 Å². The molecule has 1 amide bonds. The Kier molecular flexibility index (Phi) is 5.69. The van der Waals surface area contributed by atoms with Crippen molar-refractivity contribution in [1.29, 1.82) is 0 Å². The van der Waals surface area contributed by atoms with Crippen LogP contribution in [0.2, 0.25) is 0 Å². The maximum Gasteiger partial charge on any atom is 0.254 e. The molecule has 0 aliphatic carbocycles. The molecule has 0 bridgehead atoms. The summed E-state index contributed by atoms with van der Waals surface area (Å²) in [5, 5.41) is 0.897. The average Bonchev–Trinajstić information content (AvgIpc) is 2.88. The molecule has 0 radical (unpaired) electrons. The summed E-state index contributed by atoms with van der Waals surface area (Å²) in [4.78, 5) is 22.8. The highest BCUT2D eigenvalue weighted by Gasteiger charge is 2.24. The van der Waals surface area contributed by atoms with Gasteiger partial charge in [0.1, 0.15) is 5.75 Å². The number of carbonyl (C=O) groups excluding carboxylic acids is 1. The van der Waals surface area contributed by atoms with E-state index in [1.54, 1.807) is 7.11 Å². The van der Waals surface area contributed by atoms with Crippen molar-refractivity contribution in [1.82, 2.24) is 9.88 Å². The fourth-order valence-electron chi connectivity index (χ4n) is 4.37. The molecular formula is C28H27N3O2. The summed E-state index contributed by atoms with van der Waals surface area (Å²) in [5.74, 6) is 0.908. The predicted molar refractivity (Wildman–Crippen MR) is 133 cm³/mol. The summed E-state index contributed by atoms with van der Waals surface area (Å²) in [6, 6.07) is 26.2. The first-order valence-corrected chi connectivity index (χ1v) is 11.3. The highest BCUT2D eigenvalue weighted by atomic mass is 16.5. The molecule has 0 spiro atoms. The number of hydrogen-bond donors (Lipinski definition) is 0. The molecule has 0 N–H and O–H groups in total. The van der Waals surface area contributed by atoms with Gasteiger partial charge < -0.3 is 14.5 Å². The van der Waals surface area contributed by atoms with E-state index in [2.05, 4.69) is 42.2 Å². The van der Waals surface area contributed by atoms with Crippen molar-refractivity contribution < 1.29 is 9.53 Å². The molecule has 1 aromatic heterocycles. The first kappa shape index (κ1) is 21.0. The average molecular weight is 438 g/mol. The van der Waals surface area contributed by atoms with Crippen LogP contribution in [0.15, 0.2) is 78.9 Å². The molecule has 1 fully saturated rings. The number of fused-ring (bicyclic) bond motifs is 1. The van der Waals surface area contributed by atoms with Crippen molar-refractivity contribution in [2.24, 2.45) is 0 Å². The number of pyridine rings is 1. The highest BCUT2D eigenvalue weighted by molar-refractivity contribution is 6.07. The van der Waals surface area contributed by atoms with E-state index in [4.69, 9.17) is 9.72 Å². The topological polar surface area (TPSA) is 45.7 Å². The molecule has 1 saturated heterocycles. The number of piperazine rings is 1. The lowest BCUT2D eigenvalue weighted by Gasteiger charge is -2.36. The quantitative estimate of drug-likeness (QED) is 0.441. The molecule has 3 aromatic carbocycles. The predicted octanol–water partition coefficient (Wildman–Crippen LogP) is 5.18. The normalized spacial score (nSPS) is 13.9. The zero-order valence-corrected chi connectivity index (χ0v) is 19.0. The second-order valence-corrected chi connectivity index (χ2v) is 8.42. The molecule has 1 aliphatic rings. The lowest BCUT2D eigenvalue weighted by atomic mass is 10.0. The van der Waals surface area contributed by atoms with Gasteiger partial charge in [0, 0.05) is 48.9 Å². The Morgan fingerprint density at radius 3 is 2.39 bits per heavy atom. The van der Waals surface area contributed by atoms with Crippen LogP contribution >= 0.6 is 0 Å². The lowest BCUT2D eigenvalue weighted by Crippen LogP contribution is -2.48. The van der Waals surface area contributed by atoms with E-state index in [9.17, 15) is 4.79 Å². The van der Waals surface area contributed by atoms with Crippen LogP contribution in [-0.4, -0.2) is 49.1 Å². The van der Waals surface area contributed by atoms with Crippen molar-refractivity contribution in [3.8, 4) is 17.0 Å². The molecule has 5 heteroatoms. The van der Waals surface area contributed by atoms with E-state index in [0.717, 1.165) is 46.7 Å². The highest BCUT2D eigenvalue weighted by Crippen LogP contribution is 2.27. The molecule has 2 heterocycles. The standard InChI is InChI=1S/C28H27N3O2/c1-20-10-12-21(13-11-20)27-19-25(24-8-3-4-9-26(24)29-27)28(32)31-16-14-30(15-17-31)22-6-5-7-23(18-22)33-2/h3-13,18-19H,14-17H2,1-2H3. The number of amides is 1. The fraction of sp³-hybridized carbons (Fsp3) is 0.214. The third kappa shape index (κ3) is 4.27. The van der Waals surface area contributed by atoms with Crippen molar-refractivity contribution in [3.05, 3.63) is 90.0 Å². The van der Waals surface area contributed by atoms with Crippen LogP contribution in [0.5, 0.6) is 5.75 Å². The van der Waals surface area contributed by atoms with Crippen molar-refractivity contribution in [3.63, 3.8) is 0 Å². The Bertz CT molecular complexity index is 1290. The molecule has 166 valence electrons. The van der Waals surface area contributed by atoms with Crippen LogP contribution in [0.1, 0.15) is 15.9 Å². The van der Waals surface area contributed by atoms with E-state index < -0.39 is 0 Å². The number of methoxy groups -OCH3 is 1. The number of hydrogen-bond acceptors (Lipinski definition) is 4. The Labute approximate surface area is 194 Å².